The van der Waals surface area contributed by atoms with Gasteiger partial charge in [-0.1, -0.05) is 55.5 Å². The van der Waals surface area contributed by atoms with E-state index in [9.17, 15) is 29.4 Å². The molecule has 7 atom stereocenters. The lowest BCUT2D eigenvalue weighted by Gasteiger charge is -2.35. The van der Waals surface area contributed by atoms with Gasteiger partial charge in [0.05, 0.1) is 18.2 Å². The van der Waals surface area contributed by atoms with Crippen molar-refractivity contribution in [2.45, 2.75) is 63.9 Å². The highest BCUT2D eigenvalue weighted by Crippen LogP contribution is 2.56. The molecule has 10 nitrogen and oxygen atoms in total. The van der Waals surface area contributed by atoms with Crippen molar-refractivity contribution >= 4 is 23.8 Å². The van der Waals surface area contributed by atoms with Crippen LogP contribution in [0.4, 0.5) is 0 Å². The Labute approximate surface area is 250 Å². The molecule has 1 aliphatic heterocycles. The summed E-state index contributed by atoms with van der Waals surface area (Å²) >= 11 is 0. The molecule has 0 unspecified atom stereocenters. The van der Waals surface area contributed by atoms with Gasteiger partial charge in [-0.15, -0.1) is 0 Å². The molecule has 5 rings (SSSR count). The number of amides is 1. The number of nitrogens with one attached hydrogen (secondary N) is 1. The maximum atomic E-state index is 13.3. The Morgan fingerprint density at radius 1 is 1.05 bits per heavy atom. The maximum absolute atomic E-state index is 13.3. The zero-order valence-electron chi connectivity index (χ0n) is 24.4. The summed E-state index contributed by atoms with van der Waals surface area (Å²) in [5, 5.41) is 25.4. The number of fused-ring (bicyclic) bond motifs is 1. The molecule has 0 spiro atoms. The Kier molecular flexibility index (Phi) is 8.45. The number of ether oxygens (including phenoxy) is 3. The van der Waals surface area contributed by atoms with E-state index in [0.717, 1.165) is 0 Å². The summed E-state index contributed by atoms with van der Waals surface area (Å²) in [5.41, 5.74) is -0.100. The monoisotopic (exact) mass is 591 g/mol. The molecule has 0 saturated heterocycles. The van der Waals surface area contributed by atoms with Crippen LogP contribution in [0.15, 0.2) is 71.8 Å². The summed E-state index contributed by atoms with van der Waals surface area (Å²) in [6.07, 6.45) is -1.54. The SMILES string of the molecule is CC(=O)O[C@H]1C2=C(C[C@](C)(O)[C@H]3C[C@](C)(COC(=O)[C@H](O)[C@@H](NC(=O)c4ccccc4)c4ccccc4)C[C@@H]13)C(=O)OC2. The number of hydrogen-bond donors (Lipinski definition) is 3. The van der Waals surface area contributed by atoms with Crippen LogP contribution in [0.3, 0.4) is 0 Å². The highest BCUT2D eigenvalue weighted by molar-refractivity contribution is 5.95. The van der Waals surface area contributed by atoms with Gasteiger partial charge in [0.15, 0.2) is 6.10 Å². The summed E-state index contributed by atoms with van der Waals surface area (Å²) in [5.74, 6) is -3.10. The first-order chi connectivity index (χ1) is 20.4. The van der Waals surface area contributed by atoms with Gasteiger partial charge in [-0.3, -0.25) is 9.59 Å². The second-order valence-corrected chi connectivity index (χ2v) is 12.4. The summed E-state index contributed by atoms with van der Waals surface area (Å²) < 4.78 is 16.6. The van der Waals surface area contributed by atoms with Gasteiger partial charge in [0.1, 0.15) is 12.7 Å². The van der Waals surface area contributed by atoms with Crippen molar-refractivity contribution in [3.8, 4) is 0 Å². The minimum absolute atomic E-state index is 0.00111. The molecule has 1 amide bonds. The van der Waals surface area contributed by atoms with E-state index in [2.05, 4.69) is 5.32 Å². The summed E-state index contributed by atoms with van der Waals surface area (Å²) in [6.45, 7) is 4.80. The Morgan fingerprint density at radius 3 is 2.35 bits per heavy atom. The molecule has 2 aliphatic carbocycles. The predicted molar refractivity (Wildman–Crippen MR) is 153 cm³/mol. The summed E-state index contributed by atoms with van der Waals surface area (Å²) in [6, 6.07) is 16.1. The number of aliphatic hydroxyl groups excluding tert-OH is 1. The van der Waals surface area contributed by atoms with E-state index >= 15 is 0 Å². The number of carbonyl (C=O) groups excluding carboxylic acids is 4. The van der Waals surface area contributed by atoms with Crippen molar-refractivity contribution in [1.82, 2.24) is 5.32 Å². The van der Waals surface area contributed by atoms with Gasteiger partial charge in [-0.2, -0.15) is 0 Å². The molecule has 2 aromatic rings. The van der Waals surface area contributed by atoms with E-state index < -0.39 is 53.1 Å². The standard InChI is InChI=1S/C33H37NO9/c1-19(35)43-28-23-14-32(2,16-25(23)33(3,40)15-22-24(28)17-41-30(22)38)18-42-31(39)27(36)26(20-10-6-4-7-11-20)34-29(37)21-12-8-5-9-13-21/h4-13,23,25-28,36,40H,14-18H2,1-3H3,(H,34,37)/t23-,25+,26+,27-,28-,32-,33+/m1/s1. The smallest absolute Gasteiger partial charge is 0.337 e. The molecule has 228 valence electrons. The number of cyclic esters (lactones) is 1. The molecule has 1 fully saturated rings. The summed E-state index contributed by atoms with van der Waals surface area (Å²) in [4.78, 5) is 50.7. The molecule has 43 heavy (non-hydrogen) atoms. The Bertz CT molecular complexity index is 1420. The van der Waals surface area contributed by atoms with Gasteiger partial charge in [0.25, 0.3) is 5.91 Å². The van der Waals surface area contributed by atoms with Crippen LogP contribution < -0.4 is 5.32 Å². The van der Waals surface area contributed by atoms with Crippen LogP contribution in [-0.2, 0) is 28.6 Å². The van der Waals surface area contributed by atoms with E-state index in [1.54, 1.807) is 67.6 Å². The Balaban J connectivity index is 1.32. The number of hydrogen-bond acceptors (Lipinski definition) is 9. The normalized spacial score (nSPS) is 29.4. The third-order valence-corrected chi connectivity index (χ3v) is 8.91. The topological polar surface area (TPSA) is 148 Å². The van der Waals surface area contributed by atoms with Gasteiger partial charge in [-0.05, 0) is 43.4 Å². The second kappa shape index (κ2) is 11.9. The van der Waals surface area contributed by atoms with Gasteiger partial charge >= 0.3 is 17.9 Å². The molecule has 3 N–H and O–H groups in total. The minimum Gasteiger partial charge on any atom is -0.463 e. The maximum Gasteiger partial charge on any atom is 0.337 e. The van der Waals surface area contributed by atoms with Crippen LogP contribution in [0.5, 0.6) is 0 Å². The van der Waals surface area contributed by atoms with Crippen molar-refractivity contribution in [2.24, 2.45) is 17.3 Å². The highest BCUT2D eigenvalue weighted by atomic mass is 16.6. The van der Waals surface area contributed by atoms with Gasteiger partial charge in [-0.25, -0.2) is 9.59 Å². The highest BCUT2D eigenvalue weighted by Gasteiger charge is 2.57. The molecule has 0 aromatic heterocycles. The number of esters is 3. The van der Waals surface area contributed by atoms with E-state index in [1.807, 2.05) is 6.92 Å². The lowest BCUT2D eigenvalue weighted by Crippen LogP contribution is -2.42. The van der Waals surface area contributed by atoms with Crippen molar-refractivity contribution < 1.29 is 43.6 Å². The molecule has 10 heteroatoms. The predicted octanol–water partition coefficient (Wildman–Crippen LogP) is 3.03. The molecular formula is C33H37NO9. The van der Waals surface area contributed by atoms with E-state index in [4.69, 9.17) is 14.2 Å². The van der Waals surface area contributed by atoms with Crippen LogP contribution >= 0.6 is 0 Å². The van der Waals surface area contributed by atoms with Crippen LogP contribution in [0.25, 0.3) is 0 Å². The van der Waals surface area contributed by atoms with Crippen LogP contribution in [0.2, 0.25) is 0 Å². The molecular weight excluding hydrogens is 554 g/mol. The first-order valence-electron chi connectivity index (χ1n) is 14.4. The summed E-state index contributed by atoms with van der Waals surface area (Å²) in [7, 11) is 0. The second-order valence-electron chi connectivity index (χ2n) is 12.4. The van der Waals surface area contributed by atoms with Crippen molar-refractivity contribution in [3.63, 3.8) is 0 Å². The zero-order valence-corrected chi connectivity index (χ0v) is 24.4. The number of carbonyl (C=O) groups is 4. The number of aliphatic hydroxyl groups is 2. The average molecular weight is 592 g/mol. The molecule has 3 aliphatic rings. The quantitative estimate of drug-likeness (QED) is 0.311. The lowest BCUT2D eigenvalue weighted by molar-refractivity contribution is -0.158. The number of benzene rings is 2. The third kappa shape index (κ3) is 6.35. The van der Waals surface area contributed by atoms with Crippen LogP contribution in [-0.4, -0.2) is 65.1 Å². The molecule has 2 aromatic carbocycles. The van der Waals surface area contributed by atoms with Gasteiger partial charge in [0.2, 0.25) is 0 Å². The minimum atomic E-state index is -1.70. The Hall–Kier alpha value is -4.02. The molecule has 1 saturated carbocycles. The molecule has 1 heterocycles. The van der Waals surface area contributed by atoms with Crippen LogP contribution in [0.1, 0.15) is 62.0 Å². The average Bonchev–Trinajstić information content (AvgIpc) is 3.51. The van der Waals surface area contributed by atoms with Gasteiger partial charge < -0.3 is 29.7 Å². The third-order valence-electron chi connectivity index (χ3n) is 8.91. The van der Waals surface area contributed by atoms with Crippen molar-refractivity contribution in [2.75, 3.05) is 13.2 Å². The first-order valence-corrected chi connectivity index (χ1v) is 14.4. The van der Waals surface area contributed by atoms with Crippen molar-refractivity contribution in [1.29, 1.82) is 0 Å². The first kappa shape index (κ1) is 30.4. The Morgan fingerprint density at radius 2 is 1.70 bits per heavy atom. The fraction of sp³-hybridized carbons (Fsp3) is 0.455. The zero-order chi connectivity index (χ0) is 30.9. The van der Waals surface area contributed by atoms with Crippen molar-refractivity contribution in [3.05, 3.63) is 82.9 Å². The van der Waals surface area contributed by atoms with E-state index in [-0.39, 0.29) is 31.5 Å². The van der Waals surface area contributed by atoms with Gasteiger partial charge in [0, 0.05) is 41.4 Å². The lowest BCUT2D eigenvalue weighted by atomic mass is 9.77. The van der Waals surface area contributed by atoms with E-state index in [0.29, 0.717) is 35.1 Å². The number of rotatable bonds is 8. The van der Waals surface area contributed by atoms with E-state index in [1.165, 1.54) is 6.92 Å². The fourth-order valence-electron chi connectivity index (χ4n) is 6.85. The van der Waals surface area contributed by atoms with Crippen LogP contribution in [0, 0.1) is 17.3 Å². The fourth-order valence-corrected chi connectivity index (χ4v) is 6.85. The molecule has 0 radical (unpaired) electrons. The largest absolute Gasteiger partial charge is 0.463 e. The molecule has 0 bridgehead atoms.